The van der Waals surface area contributed by atoms with Gasteiger partial charge in [0.15, 0.2) is 5.82 Å². The molecule has 1 aliphatic heterocycles. The predicted molar refractivity (Wildman–Crippen MR) is 146 cm³/mol. The molecule has 4 rings (SSSR count). The molecule has 3 N–H and O–H groups in total. The Morgan fingerprint density at radius 3 is 2.60 bits per heavy atom. The zero-order valence-electron chi connectivity index (χ0n) is 21.8. The van der Waals surface area contributed by atoms with E-state index in [1.54, 1.807) is 0 Å². The highest BCUT2D eigenvalue weighted by Crippen LogP contribution is 2.36. The van der Waals surface area contributed by atoms with Crippen molar-refractivity contribution in [1.82, 2.24) is 4.90 Å². The van der Waals surface area contributed by atoms with Crippen LogP contribution in [0.25, 0.3) is 0 Å². The fourth-order valence-electron chi connectivity index (χ4n) is 4.69. The summed E-state index contributed by atoms with van der Waals surface area (Å²) in [6.07, 6.45) is 0.796. The maximum atomic E-state index is 15.3. The normalized spacial score (nSPS) is 14.1. The van der Waals surface area contributed by atoms with Gasteiger partial charge in [0.25, 0.3) is 0 Å². The van der Waals surface area contributed by atoms with Gasteiger partial charge >= 0.3 is 0 Å². The minimum atomic E-state index is -0.316. The van der Waals surface area contributed by atoms with Crippen LogP contribution in [0.4, 0.5) is 15.8 Å². The summed E-state index contributed by atoms with van der Waals surface area (Å²) in [5.74, 6) is 0.616. The minimum absolute atomic E-state index is 0.0458. The molecule has 0 fully saturated rings. The Bertz CT molecular complexity index is 1110. The monoisotopic (exact) mass is 477 g/mol. The van der Waals surface area contributed by atoms with E-state index in [2.05, 4.69) is 54.4 Å². The average molecular weight is 478 g/mol. The first-order valence-corrected chi connectivity index (χ1v) is 12.9. The van der Waals surface area contributed by atoms with Gasteiger partial charge in [-0.1, -0.05) is 63.2 Å². The quantitative estimate of drug-likeness (QED) is 0.356. The molecule has 0 amide bonds. The number of para-hydroxylation sites is 1. The summed E-state index contributed by atoms with van der Waals surface area (Å²) >= 11 is 0. The Hall–Kier alpha value is -3.05. The first kappa shape index (κ1) is 26.6. The molecule has 4 nitrogen and oxygen atoms in total. The molecule has 0 aliphatic carbocycles. The van der Waals surface area contributed by atoms with Crippen LogP contribution in [-0.2, 0) is 13.1 Å². The highest BCUT2D eigenvalue weighted by atomic mass is 19.1. The summed E-state index contributed by atoms with van der Waals surface area (Å²) in [5.41, 5.74) is 12.5. The second-order valence-electron chi connectivity index (χ2n) is 8.77. The number of halogens is 1. The second-order valence-corrected chi connectivity index (χ2v) is 8.77. The molecule has 0 radical (unpaired) electrons. The maximum absolute atomic E-state index is 15.3. The standard InChI is InChI=1S/C28H34FN3O.C2H6/c1-4-23(24-12-13-25(31-5-2)28(30)27(24)29)20-11-10-19(3)22(16-20)18-32-14-15-33-26-9-7-6-8-21(26)17-32;1-2/h6-13,16,23,31H,4-5,14-15,17-18,30H2,1-3H3;1-2H3. The van der Waals surface area contributed by atoms with Crippen LogP contribution in [0.1, 0.15) is 67.9 Å². The Morgan fingerprint density at radius 1 is 1.09 bits per heavy atom. The Labute approximate surface area is 210 Å². The predicted octanol–water partition coefficient (Wildman–Crippen LogP) is 7.11. The number of nitrogen functional groups attached to an aromatic ring is 1. The van der Waals surface area contributed by atoms with Gasteiger partial charge in [0, 0.05) is 37.7 Å². The summed E-state index contributed by atoms with van der Waals surface area (Å²) in [6.45, 7) is 14.2. The largest absolute Gasteiger partial charge is 0.492 e. The number of hydrogen-bond acceptors (Lipinski definition) is 4. The Kier molecular flexibility index (Phi) is 9.55. The van der Waals surface area contributed by atoms with E-state index in [0.717, 1.165) is 37.4 Å². The van der Waals surface area contributed by atoms with Crippen LogP contribution in [-0.4, -0.2) is 24.6 Å². The van der Waals surface area contributed by atoms with E-state index >= 15 is 4.39 Å². The average Bonchev–Trinajstić information content (AvgIpc) is 3.08. The number of anilines is 2. The SMILES string of the molecule is CC.CCNc1ccc(C(CC)c2ccc(C)c(CN3CCOc4ccccc4C3)c2)c(F)c1N. The number of hydrogen-bond donors (Lipinski definition) is 2. The lowest BCUT2D eigenvalue weighted by atomic mass is 9.86. The van der Waals surface area contributed by atoms with Crippen molar-refractivity contribution in [3.63, 3.8) is 0 Å². The smallest absolute Gasteiger partial charge is 0.152 e. The summed E-state index contributed by atoms with van der Waals surface area (Å²) in [5, 5.41) is 3.13. The van der Waals surface area contributed by atoms with Crippen molar-refractivity contribution in [1.29, 1.82) is 0 Å². The molecule has 0 saturated carbocycles. The molecule has 5 heteroatoms. The van der Waals surface area contributed by atoms with E-state index in [1.807, 2.05) is 45.0 Å². The summed E-state index contributed by atoms with van der Waals surface area (Å²) < 4.78 is 21.2. The van der Waals surface area contributed by atoms with Crippen LogP contribution in [0, 0.1) is 12.7 Å². The summed E-state index contributed by atoms with van der Waals surface area (Å²) in [4.78, 5) is 2.42. The van der Waals surface area contributed by atoms with E-state index in [1.165, 1.54) is 16.7 Å². The molecule has 35 heavy (non-hydrogen) atoms. The van der Waals surface area contributed by atoms with Crippen LogP contribution in [0.15, 0.2) is 54.6 Å². The molecule has 188 valence electrons. The maximum Gasteiger partial charge on any atom is 0.152 e. The molecule has 1 aliphatic rings. The molecule has 0 saturated heterocycles. The fourth-order valence-corrected chi connectivity index (χ4v) is 4.69. The number of rotatable bonds is 7. The van der Waals surface area contributed by atoms with Crippen molar-refractivity contribution in [3.8, 4) is 5.75 Å². The van der Waals surface area contributed by atoms with Gasteiger partial charge in [-0.3, -0.25) is 4.90 Å². The van der Waals surface area contributed by atoms with Gasteiger partial charge < -0.3 is 15.8 Å². The molecule has 1 heterocycles. The number of nitrogens with zero attached hydrogens (tertiary/aromatic N) is 1. The van der Waals surface area contributed by atoms with E-state index in [0.29, 0.717) is 24.4 Å². The molecular weight excluding hydrogens is 437 g/mol. The lowest BCUT2D eigenvalue weighted by molar-refractivity contribution is 0.219. The van der Waals surface area contributed by atoms with Crippen molar-refractivity contribution >= 4 is 11.4 Å². The van der Waals surface area contributed by atoms with E-state index in [9.17, 15) is 0 Å². The van der Waals surface area contributed by atoms with Gasteiger partial charge in [-0.2, -0.15) is 0 Å². The van der Waals surface area contributed by atoms with Crippen LogP contribution in [0.2, 0.25) is 0 Å². The third-order valence-corrected chi connectivity index (χ3v) is 6.56. The number of nitrogens with one attached hydrogen (secondary N) is 1. The van der Waals surface area contributed by atoms with Crippen molar-refractivity contribution in [3.05, 3.63) is 88.2 Å². The third-order valence-electron chi connectivity index (χ3n) is 6.56. The molecule has 0 aromatic heterocycles. The minimum Gasteiger partial charge on any atom is -0.492 e. The van der Waals surface area contributed by atoms with Crippen LogP contribution in [0.5, 0.6) is 5.75 Å². The number of aryl methyl sites for hydroxylation is 1. The number of ether oxygens (including phenoxy) is 1. The van der Waals surface area contributed by atoms with Crippen molar-refractivity contribution in [2.24, 2.45) is 0 Å². The first-order valence-electron chi connectivity index (χ1n) is 12.9. The lowest BCUT2D eigenvalue weighted by Crippen LogP contribution is -2.25. The molecule has 3 aromatic rings. The summed E-state index contributed by atoms with van der Waals surface area (Å²) in [6, 6.07) is 18.5. The summed E-state index contributed by atoms with van der Waals surface area (Å²) in [7, 11) is 0. The second kappa shape index (κ2) is 12.6. The number of fused-ring (bicyclic) bond motifs is 1. The number of nitrogens with two attached hydrogens (primary N) is 1. The molecule has 1 atom stereocenters. The van der Waals surface area contributed by atoms with Gasteiger partial charge in [0.05, 0.1) is 11.4 Å². The van der Waals surface area contributed by atoms with Crippen molar-refractivity contribution < 1.29 is 9.13 Å². The Balaban J connectivity index is 0.00000167. The van der Waals surface area contributed by atoms with E-state index < -0.39 is 0 Å². The molecule has 0 spiro atoms. The molecule has 0 bridgehead atoms. The Morgan fingerprint density at radius 2 is 1.86 bits per heavy atom. The van der Waals surface area contributed by atoms with Crippen molar-refractivity contribution in [2.75, 3.05) is 30.7 Å². The van der Waals surface area contributed by atoms with Gasteiger partial charge in [0.1, 0.15) is 12.4 Å². The molecule has 1 unspecified atom stereocenters. The highest BCUT2D eigenvalue weighted by molar-refractivity contribution is 5.68. The fraction of sp³-hybridized carbons (Fsp3) is 0.400. The highest BCUT2D eigenvalue weighted by Gasteiger charge is 2.21. The van der Waals surface area contributed by atoms with Crippen LogP contribution < -0.4 is 15.8 Å². The van der Waals surface area contributed by atoms with Gasteiger partial charge in [-0.25, -0.2) is 4.39 Å². The molecular formula is C30H40FN3O. The van der Waals surface area contributed by atoms with E-state index in [4.69, 9.17) is 10.5 Å². The zero-order chi connectivity index (χ0) is 25.4. The van der Waals surface area contributed by atoms with Crippen molar-refractivity contribution in [2.45, 2.75) is 60.0 Å². The van der Waals surface area contributed by atoms with Gasteiger partial charge in [-0.15, -0.1) is 0 Å². The molecule has 3 aromatic carbocycles. The topological polar surface area (TPSA) is 50.5 Å². The van der Waals surface area contributed by atoms with Crippen LogP contribution >= 0.6 is 0 Å². The van der Waals surface area contributed by atoms with Crippen LogP contribution in [0.3, 0.4) is 0 Å². The lowest BCUT2D eigenvalue weighted by Gasteiger charge is -2.23. The van der Waals surface area contributed by atoms with Gasteiger partial charge in [-0.05, 0) is 54.7 Å². The third kappa shape index (κ3) is 6.15. The van der Waals surface area contributed by atoms with Gasteiger partial charge in [0.2, 0.25) is 0 Å². The first-order chi connectivity index (χ1) is 17.0. The number of benzene rings is 3. The zero-order valence-corrected chi connectivity index (χ0v) is 21.8. The van der Waals surface area contributed by atoms with E-state index in [-0.39, 0.29) is 17.4 Å².